The number of hydrogen-bond donors (Lipinski definition) is 0. The third-order valence-corrected chi connectivity index (χ3v) is 5.67. The standard InChI is InChI=1S/C25H29N3O2/c1-16(2)15-27(24(29)19-12-13-19)18(4)23-26-22-11-6-5-10-21(22)25(30)28(23)20-9-7-8-17(3)14-20/h5-11,14,16,18-19H,12-13,15H2,1-4H3. The third-order valence-electron chi connectivity index (χ3n) is 5.67. The molecular formula is C25H29N3O2. The fourth-order valence-corrected chi connectivity index (χ4v) is 3.98. The number of aryl methyl sites for hydroxylation is 1. The zero-order chi connectivity index (χ0) is 21.4. The molecule has 0 saturated heterocycles. The molecule has 1 unspecified atom stereocenters. The van der Waals surface area contributed by atoms with Crippen LogP contribution in [0, 0.1) is 18.8 Å². The Morgan fingerprint density at radius 1 is 1.13 bits per heavy atom. The number of aromatic nitrogens is 2. The minimum atomic E-state index is -0.307. The first-order valence-corrected chi connectivity index (χ1v) is 10.8. The molecule has 0 N–H and O–H groups in total. The smallest absolute Gasteiger partial charge is 0.266 e. The number of carbonyl (C=O) groups excluding carboxylic acids is 1. The van der Waals surface area contributed by atoms with Crippen molar-refractivity contribution in [3.63, 3.8) is 0 Å². The largest absolute Gasteiger partial charge is 0.332 e. The second-order valence-electron chi connectivity index (χ2n) is 8.80. The molecule has 30 heavy (non-hydrogen) atoms. The number of para-hydroxylation sites is 1. The van der Waals surface area contributed by atoms with Crippen LogP contribution in [-0.4, -0.2) is 26.9 Å². The van der Waals surface area contributed by atoms with Gasteiger partial charge in [0.2, 0.25) is 5.91 Å². The molecule has 1 aliphatic rings. The van der Waals surface area contributed by atoms with Gasteiger partial charge in [-0.25, -0.2) is 4.98 Å². The van der Waals surface area contributed by atoms with Crippen molar-refractivity contribution in [1.82, 2.24) is 14.5 Å². The molecule has 1 aromatic heterocycles. The van der Waals surface area contributed by atoms with E-state index in [1.54, 1.807) is 4.57 Å². The van der Waals surface area contributed by atoms with E-state index in [1.807, 2.05) is 67.3 Å². The highest BCUT2D eigenvalue weighted by Crippen LogP contribution is 2.34. The molecule has 0 aliphatic heterocycles. The molecule has 1 amide bonds. The summed E-state index contributed by atoms with van der Waals surface area (Å²) in [6, 6.07) is 15.0. The summed E-state index contributed by atoms with van der Waals surface area (Å²) in [6.07, 6.45) is 1.91. The molecule has 1 fully saturated rings. The van der Waals surface area contributed by atoms with Gasteiger partial charge in [0.15, 0.2) is 0 Å². The van der Waals surface area contributed by atoms with Crippen LogP contribution in [0.2, 0.25) is 0 Å². The summed E-state index contributed by atoms with van der Waals surface area (Å²) in [5.74, 6) is 1.23. The lowest BCUT2D eigenvalue weighted by atomic mass is 10.1. The van der Waals surface area contributed by atoms with Crippen molar-refractivity contribution in [2.24, 2.45) is 11.8 Å². The highest BCUT2D eigenvalue weighted by Gasteiger charge is 2.37. The minimum absolute atomic E-state index is 0.101. The zero-order valence-electron chi connectivity index (χ0n) is 18.1. The Hall–Kier alpha value is -2.95. The molecule has 3 aromatic rings. The van der Waals surface area contributed by atoms with Gasteiger partial charge in [-0.2, -0.15) is 0 Å². The summed E-state index contributed by atoms with van der Waals surface area (Å²) >= 11 is 0. The number of fused-ring (bicyclic) bond motifs is 1. The van der Waals surface area contributed by atoms with Crippen molar-refractivity contribution in [2.45, 2.75) is 46.6 Å². The van der Waals surface area contributed by atoms with E-state index in [-0.39, 0.29) is 23.4 Å². The average Bonchev–Trinajstić information content (AvgIpc) is 3.56. The second kappa shape index (κ2) is 8.05. The van der Waals surface area contributed by atoms with E-state index >= 15 is 0 Å². The van der Waals surface area contributed by atoms with Gasteiger partial charge in [0.1, 0.15) is 5.82 Å². The maximum Gasteiger partial charge on any atom is 0.266 e. The Morgan fingerprint density at radius 2 is 1.87 bits per heavy atom. The Labute approximate surface area is 177 Å². The van der Waals surface area contributed by atoms with Crippen LogP contribution in [0.1, 0.15) is 51.0 Å². The van der Waals surface area contributed by atoms with Gasteiger partial charge >= 0.3 is 0 Å². The maximum atomic E-state index is 13.5. The number of nitrogens with zero attached hydrogens (tertiary/aromatic N) is 3. The lowest BCUT2D eigenvalue weighted by Crippen LogP contribution is -2.40. The predicted octanol–water partition coefficient (Wildman–Crippen LogP) is 4.65. The van der Waals surface area contributed by atoms with Gasteiger partial charge in [0, 0.05) is 12.5 Å². The average molecular weight is 404 g/mol. The fraction of sp³-hybridized carbons (Fsp3) is 0.400. The minimum Gasteiger partial charge on any atom is -0.332 e. The first kappa shape index (κ1) is 20.3. The molecule has 5 heteroatoms. The molecular weight excluding hydrogens is 374 g/mol. The molecule has 0 bridgehead atoms. The van der Waals surface area contributed by atoms with E-state index in [0.717, 1.165) is 24.1 Å². The van der Waals surface area contributed by atoms with E-state index in [2.05, 4.69) is 13.8 Å². The van der Waals surface area contributed by atoms with E-state index in [9.17, 15) is 9.59 Å². The first-order valence-electron chi connectivity index (χ1n) is 10.8. The molecule has 4 rings (SSSR count). The predicted molar refractivity (Wildman–Crippen MR) is 120 cm³/mol. The van der Waals surface area contributed by atoms with Crippen LogP contribution in [0.4, 0.5) is 0 Å². The maximum absolute atomic E-state index is 13.5. The lowest BCUT2D eigenvalue weighted by molar-refractivity contribution is -0.135. The van der Waals surface area contributed by atoms with Crippen LogP contribution in [-0.2, 0) is 4.79 Å². The summed E-state index contributed by atoms with van der Waals surface area (Å²) in [7, 11) is 0. The number of hydrogen-bond acceptors (Lipinski definition) is 3. The lowest BCUT2D eigenvalue weighted by Gasteiger charge is -2.32. The fourth-order valence-electron chi connectivity index (χ4n) is 3.98. The molecule has 1 aliphatic carbocycles. The molecule has 5 nitrogen and oxygen atoms in total. The molecule has 1 saturated carbocycles. The number of rotatable bonds is 6. The van der Waals surface area contributed by atoms with Gasteiger partial charge < -0.3 is 4.90 Å². The summed E-state index contributed by atoms with van der Waals surface area (Å²) in [6.45, 7) is 8.87. The zero-order valence-corrected chi connectivity index (χ0v) is 18.1. The van der Waals surface area contributed by atoms with E-state index in [4.69, 9.17) is 4.98 Å². The Bertz CT molecular complexity index is 1140. The van der Waals surface area contributed by atoms with Crippen molar-refractivity contribution in [3.8, 4) is 5.69 Å². The van der Waals surface area contributed by atoms with Gasteiger partial charge in [-0.1, -0.05) is 38.1 Å². The van der Waals surface area contributed by atoms with E-state index in [0.29, 0.717) is 29.2 Å². The van der Waals surface area contributed by atoms with Crippen molar-refractivity contribution in [1.29, 1.82) is 0 Å². The summed E-state index contributed by atoms with van der Waals surface area (Å²) in [5, 5.41) is 0.582. The Kier molecular flexibility index (Phi) is 5.46. The topological polar surface area (TPSA) is 55.2 Å². The highest BCUT2D eigenvalue weighted by atomic mass is 16.2. The molecule has 1 heterocycles. The number of amides is 1. The molecule has 0 radical (unpaired) electrons. The summed E-state index contributed by atoms with van der Waals surface area (Å²) in [5.41, 5.74) is 2.41. The SMILES string of the molecule is Cc1cccc(-n2c(C(C)N(CC(C)C)C(=O)C3CC3)nc3ccccc3c2=O)c1. The molecule has 156 valence electrons. The third kappa shape index (κ3) is 3.89. The molecule has 0 spiro atoms. The highest BCUT2D eigenvalue weighted by molar-refractivity contribution is 5.82. The first-order chi connectivity index (χ1) is 14.4. The van der Waals surface area contributed by atoms with Crippen LogP contribution in [0.15, 0.2) is 53.3 Å². The summed E-state index contributed by atoms with van der Waals surface area (Å²) in [4.78, 5) is 33.5. The van der Waals surface area contributed by atoms with Crippen LogP contribution < -0.4 is 5.56 Å². The van der Waals surface area contributed by atoms with Crippen LogP contribution in [0.5, 0.6) is 0 Å². The van der Waals surface area contributed by atoms with Gasteiger partial charge in [-0.05, 0) is 62.4 Å². The molecule has 1 atom stereocenters. The molecule has 2 aromatic carbocycles. The van der Waals surface area contributed by atoms with Crippen molar-refractivity contribution in [2.75, 3.05) is 6.54 Å². The Morgan fingerprint density at radius 3 is 2.53 bits per heavy atom. The van der Waals surface area contributed by atoms with Gasteiger partial charge in [0.25, 0.3) is 5.56 Å². The van der Waals surface area contributed by atoms with Gasteiger partial charge in [0.05, 0.1) is 22.6 Å². The van der Waals surface area contributed by atoms with Crippen molar-refractivity contribution < 1.29 is 4.79 Å². The van der Waals surface area contributed by atoms with Gasteiger partial charge in [-0.15, -0.1) is 0 Å². The Balaban J connectivity index is 1.92. The van der Waals surface area contributed by atoms with E-state index in [1.165, 1.54) is 0 Å². The normalized spacial score (nSPS) is 14.8. The van der Waals surface area contributed by atoms with E-state index < -0.39 is 0 Å². The second-order valence-corrected chi connectivity index (χ2v) is 8.80. The number of benzene rings is 2. The monoisotopic (exact) mass is 403 g/mol. The van der Waals surface area contributed by atoms with Crippen molar-refractivity contribution >= 4 is 16.8 Å². The van der Waals surface area contributed by atoms with Crippen LogP contribution in [0.3, 0.4) is 0 Å². The van der Waals surface area contributed by atoms with Crippen molar-refractivity contribution in [3.05, 3.63) is 70.3 Å². The van der Waals surface area contributed by atoms with Crippen LogP contribution >= 0.6 is 0 Å². The van der Waals surface area contributed by atoms with Crippen LogP contribution in [0.25, 0.3) is 16.6 Å². The quantitative estimate of drug-likeness (QED) is 0.602. The summed E-state index contributed by atoms with van der Waals surface area (Å²) < 4.78 is 1.69. The number of carbonyl (C=O) groups is 1. The van der Waals surface area contributed by atoms with Gasteiger partial charge in [-0.3, -0.25) is 14.2 Å².